The number of esters is 1. The third-order valence-electron chi connectivity index (χ3n) is 8.63. The minimum atomic E-state index is -0.520. The Balaban J connectivity index is 1.69. The Morgan fingerprint density at radius 3 is 2.77 bits per heavy atom. The molecule has 0 aliphatic heterocycles. The Hall–Kier alpha value is -2.23. The summed E-state index contributed by atoms with van der Waals surface area (Å²) < 4.78 is 5.60. The molecule has 4 nitrogen and oxygen atoms in total. The molecule has 0 bridgehead atoms. The normalized spacial score (nSPS) is 39.1. The van der Waals surface area contributed by atoms with Crippen molar-refractivity contribution in [3.05, 3.63) is 46.6 Å². The topological polar surface area (TPSA) is 60.4 Å². The van der Waals surface area contributed by atoms with Crippen molar-refractivity contribution in [3.63, 3.8) is 0 Å². The predicted octanol–water partition coefficient (Wildman–Crippen LogP) is 4.81. The Morgan fingerprint density at radius 1 is 1.20 bits per heavy atom. The number of hydrogen-bond donors (Lipinski definition) is 0. The van der Waals surface area contributed by atoms with Crippen LogP contribution >= 0.6 is 0 Å². The molecule has 1 spiro atoms. The van der Waals surface area contributed by atoms with Crippen LogP contribution < -0.4 is 0 Å². The molecule has 5 aliphatic rings. The van der Waals surface area contributed by atoms with Crippen molar-refractivity contribution in [1.29, 1.82) is 0 Å². The summed E-state index contributed by atoms with van der Waals surface area (Å²) in [6.07, 6.45) is 13.1. The quantitative estimate of drug-likeness (QED) is 0.499. The van der Waals surface area contributed by atoms with E-state index in [0.717, 1.165) is 48.8 Å². The summed E-state index contributed by atoms with van der Waals surface area (Å²) in [5, 5.41) is 0. The molecule has 0 N–H and O–H groups in total. The van der Waals surface area contributed by atoms with E-state index in [1.54, 1.807) is 6.08 Å². The first kappa shape index (κ1) is 19.7. The molecule has 5 rings (SSSR count). The minimum absolute atomic E-state index is 0.0426. The lowest BCUT2D eigenvalue weighted by atomic mass is 9.52. The van der Waals surface area contributed by atoms with Crippen molar-refractivity contribution in [2.24, 2.45) is 22.2 Å². The number of Topliss-reactive ketones (excluding diaryl/α,β-unsaturated/α-hetero) is 1. The molecule has 0 radical (unpaired) electrons. The molecule has 1 saturated carbocycles. The third-order valence-corrected chi connectivity index (χ3v) is 8.63. The smallest absolute Gasteiger partial charge is 0.317 e. The molecular weight excluding hydrogens is 376 g/mol. The Labute approximate surface area is 178 Å². The van der Waals surface area contributed by atoms with Crippen molar-refractivity contribution in [3.8, 4) is 0 Å². The van der Waals surface area contributed by atoms with Crippen molar-refractivity contribution in [2.45, 2.75) is 65.7 Å². The zero-order valence-corrected chi connectivity index (χ0v) is 18.2. The molecule has 158 valence electrons. The van der Waals surface area contributed by atoms with Crippen LogP contribution in [0, 0.1) is 22.2 Å². The van der Waals surface area contributed by atoms with E-state index >= 15 is 0 Å². The third kappa shape index (κ3) is 2.31. The van der Waals surface area contributed by atoms with Crippen LogP contribution in [0.5, 0.6) is 0 Å². The molecule has 4 heteroatoms. The van der Waals surface area contributed by atoms with Gasteiger partial charge in [0.15, 0.2) is 5.78 Å². The number of hydrogen-bond acceptors (Lipinski definition) is 4. The van der Waals surface area contributed by atoms with E-state index in [0.29, 0.717) is 25.2 Å². The Bertz CT molecular complexity index is 993. The van der Waals surface area contributed by atoms with Crippen LogP contribution in [0.1, 0.15) is 65.7 Å². The molecule has 5 aliphatic carbocycles. The molecule has 0 amide bonds. The molecule has 0 aromatic rings. The average Bonchev–Trinajstić information content (AvgIpc) is 3.16. The SMILES string of the molecule is CCCOC(=O)[C@@H]1C=C2CC(=O)C=CC2(C)C2=C1C1=CC[C@@]3(C)CCC(=O)[C@@]13CC2. The lowest BCUT2D eigenvalue weighted by Crippen LogP contribution is -2.45. The predicted molar refractivity (Wildman–Crippen MR) is 113 cm³/mol. The molecule has 4 atom stereocenters. The van der Waals surface area contributed by atoms with E-state index in [2.05, 4.69) is 19.9 Å². The fraction of sp³-hybridized carbons (Fsp3) is 0.577. The molecule has 1 unspecified atom stereocenters. The van der Waals surface area contributed by atoms with E-state index in [1.165, 1.54) is 5.57 Å². The van der Waals surface area contributed by atoms with Crippen LogP contribution in [0.25, 0.3) is 0 Å². The van der Waals surface area contributed by atoms with Crippen molar-refractivity contribution >= 4 is 17.5 Å². The van der Waals surface area contributed by atoms with Gasteiger partial charge in [-0.1, -0.05) is 43.2 Å². The lowest BCUT2D eigenvalue weighted by Gasteiger charge is -2.50. The van der Waals surface area contributed by atoms with Gasteiger partial charge in [0.2, 0.25) is 0 Å². The van der Waals surface area contributed by atoms with Gasteiger partial charge in [-0.05, 0) is 61.7 Å². The first-order valence-electron chi connectivity index (χ1n) is 11.3. The van der Waals surface area contributed by atoms with Crippen molar-refractivity contribution in [1.82, 2.24) is 0 Å². The van der Waals surface area contributed by atoms with E-state index in [-0.39, 0.29) is 22.6 Å². The van der Waals surface area contributed by atoms with E-state index < -0.39 is 11.3 Å². The molecular formula is C26H30O4. The first-order chi connectivity index (χ1) is 14.3. The standard InChI is InChI=1S/C26H30O4/c1-4-13-30-23(29)18-15-16-14-17(27)5-11-25(16,3)19-7-12-26-20(22(18)19)6-9-24(26,2)10-8-21(26)28/h5-6,11,15,18H,4,7-10,12-14H2,1-3H3/t18-,24+,25?,26-/m1/s1. The summed E-state index contributed by atoms with van der Waals surface area (Å²) in [4.78, 5) is 38.7. The maximum Gasteiger partial charge on any atom is 0.317 e. The van der Waals surface area contributed by atoms with Crippen LogP contribution in [0.15, 0.2) is 46.6 Å². The second-order valence-electron chi connectivity index (χ2n) is 10.1. The highest BCUT2D eigenvalue weighted by molar-refractivity contribution is 5.97. The highest BCUT2D eigenvalue weighted by atomic mass is 16.5. The Kier molecular flexibility index (Phi) is 4.20. The van der Waals surface area contributed by atoms with Gasteiger partial charge >= 0.3 is 5.97 Å². The van der Waals surface area contributed by atoms with Crippen molar-refractivity contribution in [2.75, 3.05) is 6.61 Å². The molecule has 0 aromatic heterocycles. The molecule has 0 saturated heterocycles. The number of allylic oxidation sites excluding steroid dienone is 6. The van der Waals surface area contributed by atoms with E-state index in [1.807, 2.05) is 19.1 Å². The lowest BCUT2D eigenvalue weighted by molar-refractivity contribution is -0.146. The molecule has 1 fully saturated rings. The molecule has 0 heterocycles. The zero-order valence-electron chi connectivity index (χ0n) is 18.2. The van der Waals surface area contributed by atoms with E-state index in [4.69, 9.17) is 4.74 Å². The second-order valence-corrected chi connectivity index (χ2v) is 10.1. The van der Waals surface area contributed by atoms with Crippen molar-refractivity contribution < 1.29 is 19.1 Å². The molecule has 30 heavy (non-hydrogen) atoms. The highest BCUT2D eigenvalue weighted by Crippen LogP contribution is 2.69. The minimum Gasteiger partial charge on any atom is -0.465 e. The maximum atomic E-state index is 13.3. The average molecular weight is 407 g/mol. The van der Waals surface area contributed by atoms with Crippen LogP contribution in [-0.4, -0.2) is 24.1 Å². The van der Waals surface area contributed by atoms with Crippen LogP contribution in [0.3, 0.4) is 0 Å². The monoisotopic (exact) mass is 406 g/mol. The first-order valence-corrected chi connectivity index (χ1v) is 11.3. The molecule has 0 aromatic carbocycles. The van der Waals surface area contributed by atoms with Crippen LogP contribution in [-0.2, 0) is 19.1 Å². The maximum absolute atomic E-state index is 13.3. The summed E-state index contributed by atoms with van der Waals surface area (Å²) in [5.74, 6) is -0.351. The zero-order chi connectivity index (χ0) is 21.3. The van der Waals surface area contributed by atoms with Gasteiger partial charge in [-0.25, -0.2) is 0 Å². The highest BCUT2D eigenvalue weighted by Gasteiger charge is 2.65. The van der Waals surface area contributed by atoms with Gasteiger partial charge < -0.3 is 4.74 Å². The summed E-state index contributed by atoms with van der Waals surface area (Å²) in [7, 11) is 0. The summed E-state index contributed by atoms with van der Waals surface area (Å²) in [6.45, 7) is 6.78. The fourth-order valence-electron chi connectivity index (χ4n) is 6.91. The van der Waals surface area contributed by atoms with Crippen LogP contribution in [0.4, 0.5) is 0 Å². The number of rotatable bonds is 3. The van der Waals surface area contributed by atoms with Gasteiger partial charge in [0.25, 0.3) is 0 Å². The summed E-state index contributed by atoms with van der Waals surface area (Å²) in [5.41, 5.74) is 3.48. The number of ketones is 2. The summed E-state index contributed by atoms with van der Waals surface area (Å²) >= 11 is 0. The van der Waals surface area contributed by atoms with Gasteiger partial charge in [0.05, 0.1) is 12.0 Å². The largest absolute Gasteiger partial charge is 0.465 e. The Morgan fingerprint density at radius 2 is 2.00 bits per heavy atom. The number of fused-ring (bicyclic) bond motifs is 3. The number of carbonyl (C=O) groups excluding carboxylic acids is 3. The van der Waals surface area contributed by atoms with Crippen LogP contribution in [0.2, 0.25) is 0 Å². The number of carbonyl (C=O) groups is 3. The van der Waals surface area contributed by atoms with Gasteiger partial charge in [-0.2, -0.15) is 0 Å². The number of ether oxygens (including phenoxy) is 1. The fourth-order valence-corrected chi connectivity index (χ4v) is 6.91. The van der Waals surface area contributed by atoms with Gasteiger partial charge in [0, 0.05) is 18.3 Å². The van der Waals surface area contributed by atoms with Gasteiger partial charge in [0.1, 0.15) is 11.7 Å². The van der Waals surface area contributed by atoms with Gasteiger partial charge in [-0.3, -0.25) is 14.4 Å². The summed E-state index contributed by atoms with van der Waals surface area (Å²) in [6, 6.07) is 0. The van der Waals surface area contributed by atoms with E-state index in [9.17, 15) is 14.4 Å². The second kappa shape index (κ2) is 6.38. The van der Waals surface area contributed by atoms with Gasteiger partial charge in [-0.15, -0.1) is 0 Å².